The van der Waals surface area contributed by atoms with Gasteiger partial charge < -0.3 is 16.2 Å². The molecule has 7 nitrogen and oxygen atoms in total. The van der Waals surface area contributed by atoms with Crippen molar-refractivity contribution in [1.82, 2.24) is 5.32 Å². The minimum atomic E-state index is -3.19. The number of carboxylic acid groups (broad SMARTS) is 1. The number of sulfone groups is 1. The number of carboxylic acids is 1. The lowest BCUT2D eigenvalue weighted by atomic mass is 9.84. The zero-order valence-corrected chi connectivity index (χ0v) is 13.1. The molecule has 1 fully saturated rings. The Labute approximate surface area is 125 Å². The molecule has 1 aliphatic rings. The lowest BCUT2D eigenvalue weighted by molar-refractivity contribution is -0.144. The molecule has 2 atom stereocenters. The standard InChI is InChI=1S/C13H24N2O5S/c1-21(19,20)8-7-10(14)12(16)15-11(13(17)18)9-5-3-2-4-6-9/h9-11H,2-8,14H2,1H3,(H,15,16)(H,17,18). The summed E-state index contributed by atoms with van der Waals surface area (Å²) < 4.78 is 22.1. The number of nitrogens with two attached hydrogens (primary N) is 1. The first-order chi connectivity index (χ1) is 9.70. The van der Waals surface area contributed by atoms with Gasteiger partial charge in [-0.15, -0.1) is 0 Å². The highest BCUT2D eigenvalue weighted by molar-refractivity contribution is 7.90. The van der Waals surface area contributed by atoms with Crippen LogP contribution in [-0.2, 0) is 19.4 Å². The van der Waals surface area contributed by atoms with E-state index in [0.717, 1.165) is 38.4 Å². The van der Waals surface area contributed by atoms with Crippen LogP contribution in [-0.4, -0.2) is 49.5 Å². The predicted octanol–water partition coefficient (Wildman–Crippen LogP) is -0.102. The van der Waals surface area contributed by atoms with Crippen LogP contribution >= 0.6 is 0 Å². The number of amides is 1. The van der Waals surface area contributed by atoms with Crippen LogP contribution in [0.3, 0.4) is 0 Å². The molecule has 0 aromatic heterocycles. The van der Waals surface area contributed by atoms with E-state index in [1.54, 1.807) is 0 Å². The van der Waals surface area contributed by atoms with Crippen LogP contribution in [0.15, 0.2) is 0 Å². The van der Waals surface area contributed by atoms with Gasteiger partial charge in [0.25, 0.3) is 0 Å². The van der Waals surface area contributed by atoms with Gasteiger partial charge in [0, 0.05) is 6.26 Å². The van der Waals surface area contributed by atoms with Crippen molar-refractivity contribution in [2.24, 2.45) is 11.7 Å². The molecule has 0 radical (unpaired) electrons. The Kier molecular flexibility index (Phi) is 6.60. The molecular formula is C13H24N2O5S. The number of carbonyl (C=O) groups excluding carboxylic acids is 1. The molecule has 21 heavy (non-hydrogen) atoms. The molecule has 0 aromatic rings. The van der Waals surface area contributed by atoms with Crippen molar-refractivity contribution in [2.45, 2.75) is 50.6 Å². The average molecular weight is 320 g/mol. The Morgan fingerprint density at radius 2 is 1.86 bits per heavy atom. The van der Waals surface area contributed by atoms with Gasteiger partial charge >= 0.3 is 5.97 Å². The average Bonchev–Trinajstić information content (AvgIpc) is 2.41. The Morgan fingerprint density at radius 1 is 1.29 bits per heavy atom. The van der Waals surface area contributed by atoms with E-state index < -0.39 is 33.8 Å². The van der Waals surface area contributed by atoms with E-state index in [-0.39, 0.29) is 18.1 Å². The Hall–Kier alpha value is -1.15. The SMILES string of the molecule is CS(=O)(=O)CCC(N)C(=O)NC(C(=O)O)C1CCCCC1. The van der Waals surface area contributed by atoms with Crippen LogP contribution < -0.4 is 11.1 Å². The number of hydrogen-bond donors (Lipinski definition) is 3. The van der Waals surface area contributed by atoms with Gasteiger partial charge in [-0.2, -0.15) is 0 Å². The zero-order chi connectivity index (χ0) is 16.0. The summed E-state index contributed by atoms with van der Waals surface area (Å²) in [6, 6.07) is -1.95. The van der Waals surface area contributed by atoms with Gasteiger partial charge in [0.05, 0.1) is 11.8 Å². The van der Waals surface area contributed by atoms with Crippen LogP contribution in [0, 0.1) is 5.92 Å². The highest BCUT2D eigenvalue weighted by atomic mass is 32.2. The summed E-state index contributed by atoms with van der Waals surface area (Å²) in [5, 5.41) is 11.7. The highest BCUT2D eigenvalue weighted by Gasteiger charge is 2.31. The van der Waals surface area contributed by atoms with Crippen molar-refractivity contribution in [3.63, 3.8) is 0 Å². The molecule has 1 aliphatic carbocycles. The molecule has 122 valence electrons. The fraction of sp³-hybridized carbons (Fsp3) is 0.846. The fourth-order valence-electron chi connectivity index (χ4n) is 2.58. The van der Waals surface area contributed by atoms with Crippen LogP contribution in [0.5, 0.6) is 0 Å². The van der Waals surface area contributed by atoms with E-state index >= 15 is 0 Å². The molecule has 0 heterocycles. The monoisotopic (exact) mass is 320 g/mol. The van der Waals surface area contributed by atoms with Gasteiger partial charge in [-0.25, -0.2) is 13.2 Å². The Balaban J connectivity index is 2.57. The van der Waals surface area contributed by atoms with Crippen LogP contribution in [0.4, 0.5) is 0 Å². The first-order valence-corrected chi connectivity index (χ1v) is 9.23. The van der Waals surface area contributed by atoms with E-state index in [2.05, 4.69) is 5.32 Å². The molecule has 0 bridgehead atoms. The van der Waals surface area contributed by atoms with Gasteiger partial charge in [0.2, 0.25) is 5.91 Å². The molecule has 0 aliphatic heterocycles. The van der Waals surface area contributed by atoms with Crippen LogP contribution in [0.1, 0.15) is 38.5 Å². The van der Waals surface area contributed by atoms with Gasteiger partial charge in [-0.3, -0.25) is 4.79 Å². The Bertz CT molecular complexity index is 471. The van der Waals surface area contributed by atoms with E-state index in [4.69, 9.17) is 5.73 Å². The van der Waals surface area contributed by atoms with Gasteiger partial charge in [-0.1, -0.05) is 19.3 Å². The normalized spacial score (nSPS) is 19.7. The molecule has 2 unspecified atom stereocenters. The summed E-state index contributed by atoms with van der Waals surface area (Å²) in [7, 11) is -3.19. The molecule has 0 spiro atoms. The maximum Gasteiger partial charge on any atom is 0.326 e. The smallest absolute Gasteiger partial charge is 0.326 e. The summed E-state index contributed by atoms with van der Waals surface area (Å²) in [6.45, 7) is 0. The van der Waals surface area contributed by atoms with Crippen molar-refractivity contribution < 1.29 is 23.1 Å². The lowest BCUT2D eigenvalue weighted by Gasteiger charge is -2.28. The molecule has 1 saturated carbocycles. The van der Waals surface area contributed by atoms with E-state index in [1.165, 1.54) is 0 Å². The minimum Gasteiger partial charge on any atom is -0.480 e. The topological polar surface area (TPSA) is 127 Å². The van der Waals surface area contributed by atoms with Crippen molar-refractivity contribution in [3.8, 4) is 0 Å². The van der Waals surface area contributed by atoms with Crippen molar-refractivity contribution >= 4 is 21.7 Å². The number of hydrogen-bond acceptors (Lipinski definition) is 5. The van der Waals surface area contributed by atoms with Crippen molar-refractivity contribution in [1.29, 1.82) is 0 Å². The third kappa shape index (κ3) is 6.43. The van der Waals surface area contributed by atoms with Gasteiger partial charge in [0.15, 0.2) is 0 Å². The summed E-state index contributed by atoms with van der Waals surface area (Å²) in [5.41, 5.74) is 5.63. The van der Waals surface area contributed by atoms with E-state index in [0.29, 0.717) is 0 Å². The predicted molar refractivity (Wildman–Crippen MR) is 78.4 cm³/mol. The molecule has 4 N–H and O–H groups in total. The second-order valence-corrected chi connectivity index (χ2v) is 8.01. The highest BCUT2D eigenvalue weighted by Crippen LogP contribution is 2.26. The second kappa shape index (κ2) is 7.74. The summed E-state index contributed by atoms with van der Waals surface area (Å²) in [6.07, 6.45) is 5.62. The van der Waals surface area contributed by atoms with Crippen LogP contribution in [0.2, 0.25) is 0 Å². The summed E-state index contributed by atoms with van der Waals surface area (Å²) >= 11 is 0. The lowest BCUT2D eigenvalue weighted by Crippen LogP contribution is -2.52. The quantitative estimate of drug-likeness (QED) is 0.601. The molecular weight excluding hydrogens is 296 g/mol. The molecule has 0 saturated heterocycles. The third-order valence-electron chi connectivity index (χ3n) is 3.82. The van der Waals surface area contributed by atoms with Gasteiger partial charge in [-0.05, 0) is 25.2 Å². The first kappa shape index (κ1) is 17.9. The number of rotatable bonds is 7. The summed E-state index contributed by atoms with van der Waals surface area (Å²) in [4.78, 5) is 23.2. The fourth-order valence-corrected chi connectivity index (χ4v) is 3.26. The first-order valence-electron chi connectivity index (χ1n) is 7.17. The third-order valence-corrected chi connectivity index (χ3v) is 4.80. The largest absolute Gasteiger partial charge is 0.480 e. The number of nitrogens with one attached hydrogen (secondary N) is 1. The van der Waals surface area contributed by atoms with Crippen molar-refractivity contribution in [2.75, 3.05) is 12.0 Å². The number of carbonyl (C=O) groups is 2. The molecule has 8 heteroatoms. The molecule has 0 aromatic carbocycles. The van der Waals surface area contributed by atoms with Gasteiger partial charge in [0.1, 0.15) is 15.9 Å². The van der Waals surface area contributed by atoms with E-state index in [9.17, 15) is 23.1 Å². The maximum atomic E-state index is 11.9. The van der Waals surface area contributed by atoms with Crippen molar-refractivity contribution in [3.05, 3.63) is 0 Å². The maximum absolute atomic E-state index is 11.9. The molecule has 1 rings (SSSR count). The summed E-state index contributed by atoms with van der Waals surface area (Å²) in [5.74, 6) is -1.94. The Morgan fingerprint density at radius 3 is 2.33 bits per heavy atom. The van der Waals surface area contributed by atoms with E-state index in [1.807, 2.05) is 0 Å². The molecule has 1 amide bonds. The van der Waals surface area contributed by atoms with Crippen LogP contribution in [0.25, 0.3) is 0 Å². The number of aliphatic carboxylic acids is 1. The minimum absolute atomic E-state index is 0.0122. The zero-order valence-electron chi connectivity index (χ0n) is 12.2. The second-order valence-electron chi connectivity index (χ2n) is 5.75.